The van der Waals surface area contributed by atoms with Gasteiger partial charge in [0, 0.05) is 35.0 Å². The van der Waals surface area contributed by atoms with Crippen LogP contribution in [0.25, 0.3) is 0 Å². The second-order valence-corrected chi connectivity index (χ2v) is 5.42. The van der Waals surface area contributed by atoms with E-state index in [1.54, 1.807) is 0 Å². The zero-order valence-electron chi connectivity index (χ0n) is 8.93. The summed E-state index contributed by atoms with van der Waals surface area (Å²) in [7, 11) is 0. The third-order valence-corrected chi connectivity index (χ3v) is 3.49. The molecular weight excluding hydrogens is 292 g/mol. The molecule has 0 N–H and O–H groups in total. The van der Waals surface area contributed by atoms with Gasteiger partial charge in [0.2, 0.25) is 0 Å². The maximum atomic E-state index is 13.6. The largest absolute Gasteiger partial charge is 0.295 e. The Hall–Kier alpha value is -0.120. The Kier molecular flexibility index (Phi) is 4.22. The van der Waals surface area contributed by atoms with Gasteiger partial charge in [0.15, 0.2) is 0 Å². The number of alkyl halides is 1. The predicted octanol–water partition coefficient (Wildman–Crippen LogP) is 3.79. The molecule has 1 aromatic carbocycles. The summed E-state index contributed by atoms with van der Waals surface area (Å²) in [5, 5.41) is 0. The molecule has 2 rings (SSSR count). The van der Waals surface area contributed by atoms with Crippen LogP contribution in [0.4, 0.5) is 4.39 Å². The Balaban J connectivity index is 2.05. The van der Waals surface area contributed by atoms with Crippen molar-refractivity contribution < 1.29 is 4.39 Å². The highest BCUT2D eigenvalue weighted by atomic mass is 79.9. The lowest BCUT2D eigenvalue weighted by Crippen LogP contribution is -2.28. The van der Waals surface area contributed by atoms with E-state index in [2.05, 4.69) is 20.8 Å². The van der Waals surface area contributed by atoms with Crippen LogP contribution in [-0.4, -0.2) is 23.4 Å². The number of nitrogens with zero attached hydrogens (tertiary/aromatic N) is 1. The Labute approximate surface area is 109 Å². The Morgan fingerprint density at radius 2 is 2.19 bits per heavy atom. The van der Waals surface area contributed by atoms with Crippen LogP contribution in [-0.2, 0) is 6.54 Å². The molecule has 0 bridgehead atoms. The summed E-state index contributed by atoms with van der Waals surface area (Å²) in [5.41, 5.74) is 0.750. The van der Waals surface area contributed by atoms with E-state index in [9.17, 15) is 4.39 Å². The van der Waals surface area contributed by atoms with Crippen molar-refractivity contribution in [1.82, 2.24) is 4.90 Å². The molecular formula is C12H14BrClFN. The van der Waals surface area contributed by atoms with Crippen LogP contribution >= 0.6 is 27.5 Å². The van der Waals surface area contributed by atoms with Crippen LogP contribution in [0.1, 0.15) is 18.4 Å². The molecule has 88 valence electrons. The molecule has 0 radical (unpaired) electrons. The molecule has 0 saturated heterocycles. The summed E-state index contributed by atoms with van der Waals surface area (Å²) in [4.78, 5) is 2.26. The van der Waals surface area contributed by atoms with Gasteiger partial charge in [-0.15, -0.1) is 11.6 Å². The van der Waals surface area contributed by atoms with Crippen LogP contribution in [0.2, 0.25) is 0 Å². The number of hydrogen-bond donors (Lipinski definition) is 0. The molecule has 0 amide bonds. The van der Waals surface area contributed by atoms with E-state index in [1.165, 1.54) is 18.9 Å². The fourth-order valence-corrected chi connectivity index (χ4v) is 2.36. The topological polar surface area (TPSA) is 3.24 Å². The number of hydrogen-bond acceptors (Lipinski definition) is 1. The maximum absolute atomic E-state index is 13.6. The zero-order valence-corrected chi connectivity index (χ0v) is 11.3. The summed E-state index contributed by atoms with van der Waals surface area (Å²) < 4.78 is 14.4. The lowest BCUT2D eigenvalue weighted by molar-refractivity contribution is 0.267. The number of benzene rings is 1. The molecule has 1 aliphatic rings. The fraction of sp³-hybridized carbons (Fsp3) is 0.500. The first-order valence-corrected chi connectivity index (χ1v) is 6.77. The van der Waals surface area contributed by atoms with Gasteiger partial charge in [-0.05, 0) is 25.0 Å². The Morgan fingerprint density at radius 1 is 1.44 bits per heavy atom. The van der Waals surface area contributed by atoms with Crippen LogP contribution in [0.5, 0.6) is 0 Å². The third-order valence-electron chi connectivity index (χ3n) is 2.82. The van der Waals surface area contributed by atoms with Crippen molar-refractivity contribution in [2.24, 2.45) is 0 Å². The van der Waals surface area contributed by atoms with E-state index in [0.717, 1.165) is 16.6 Å². The van der Waals surface area contributed by atoms with Gasteiger partial charge in [-0.3, -0.25) is 4.90 Å². The highest BCUT2D eigenvalue weighted by molar-refractivity contribution is 9.10. The van der Waals surface area contributed by atoms with Crippen LogP contribution in [0, 0.1) is 5.82 Å². The minimum atomic E-state index is -0.144. The van der Waals surface area contributed by atoms with Crippen LogP contribution < -0.4 is 0 Å². The van der Waals surface area contributed by atoms with Gasteiger partial charge in [-0.25, -0.2) is 4.39 Å². The lowest BCUT2D eigenvalue weighted by atomic mass is 10.2. The van der Waals surface area contributed by atoms with Crippen molar-refractivity contribution in [3.05, 3.63) is 34.1 Å². The average Bonchev–Trinajstić information content (AvgIpc) is 3.04. The van der Waals surface area contributed by atoms with Gasteiger partial charge >= 0.3 is 0 Å². The van der Waals surface area contributed by atoms with Crippen molar-refractivity contribution in [3.63, 3.8) is 0 Å². The monoisotopic (exact) mass is 305 g/mol. The van der Waals surface area contributed by atoms with E-state index in [0.29, 0.717) is 18.5 Å². The SMILES string of the molecule is Fc1cc(Br)ccc1CN(CCCl)C1CC1. The molecule has 1 saturated carbocycles. The Bertz CT molecular complexity index is 368. The van der Waals surface area contributed by atoms with E-state index >= 15 is 0 Å². The zero-order chi connectivity index (χ0) is 11.5. The van der Waals surface area contributed by atoms with Crippen molar-refractivity contribution in [2.75, 3.05) is 12.4 Å². The highest BCUT2D eigenvalue weighted by Crippen LogP contribution is 2.29. The van der Waals surface area contributed by atoms with Gasteiger partial charge in [0.1, 0.15) is 5.82 Å². The van der Waals surface area contributed by atoms with Gasteiger partial charge in [-0.1, -0.05) is 22.0 Å². The first kappa shape index (κ1) is 12.3. The number of halogens is 3. The van der Waals surface area contributed by atoms with Crippen LogP contribution in [0.3, 0.4) is 0 Å². The second-order valence-electron chi connectivity index (χ2n) is 4.13. The molecule has 1 fully saturated rings. The fourth-order valence-electron chi connectivity index (χ4n) is 1.81. The van der Waals surface area contributed by atoms with Crippen molar-refractivity contribution in [1.29, 1.82) is 0 Å². The van der Waals surface area contributed by atoms with E-state index in [4.69, 9.17) is 11.6 Å². The standard InChI is InChI=1S/C12H14BrClFN/c13-10-2-1-9(12(15)7-10)8-16(6-5-14)11-3-4-11/h1-2,7,11H,3-6,8H2. The van der Waals surface area contributed by atoms with Gasteiger partial charge in [0.25, 0.3) is 0 Å². The molecule has 0 heterocycles. The predicted molar refractivity (Wildman–Crippen MR) is 68.3 cm³/mol. The van der Waals surface area contributed by atoms with Crippen LogP contribution in [0.15, 0.2) is 22.7 Å². The molecule has 0 aliphatic heterocycles. The first-order chi connectivity index (χ1) is 7.70. The molecule has 0 spiro atoms. The maximum Gasteiger partial charge on any atom is 0.128 e. The molecule has 4 heteroatoms. The Morgan fingerprint density at radius 3 is 2.75 bits per heavy atom. The molecule has 0 atom stereocenters. The summed E-state index contributed by atoms with van der Waals surface area (Å²) in [5.74, 6) is 0.462. The van der Waals surface area contributed by atoms with E-state index in [-0.39, 0.29) is 5.82 Å². The van der Waals surface area contributed by atoms with E-state index < -0.39 is 0 Å². The minimum Gasteiger partial charge on any atom is -0.295 e. The van der Waals surface area contributed by atoms with Crippen molar-refractivity contribution in [3.8, 4) is 0 Å². The van der Waals surface area contributed by atoms with Crippen molar-refractivity contribution >= 4 is 27.5 Å². The normalized spacial score (nSPS) is 15.8. The summed E-state index contributed by atoms with van der Waals surface area (Å²) >= 11 is 9.02. The van der Waals surface area contributed by atoms with E-state index in [1.807, 2.05) is 12.1 Å². The van der Waals surface area contributed by atoms with Gasteiger partial charge < -0.3 is 0 Å². The average molecular weight is 307 g/mol. The number of rotatable bonds is 5. The minimum absolute atomic E-state index is 0.144. The third kappa shape index (κ3) is 3.19. The summed E-state index contributed by atoms with van der Waals surface area (Å²) in [6.45, 7) is 1.50. The van der Waals surface area contributed by atoms with Gasteiger partial charge in [0.05, 0.1) is 0 Å². The quantitative estimate of drug-likeness (QED) is 0.748. The first-order valence-electron chi connectivity index (χ1n) is 5.44. The smallest absolute Gasteiger partial charge is 0.128 e. The molecule has 0 aromatic heterocycles. The molecule has 1 nitrogen and oxygen atoms in total. The molecule has 0 unspecified atom stereocenters. The second kappa shape index (κ2) is 5.48. The molecule has 1 aromatic rings. The molecule has 1 aliphatic carbocycles. The summed E-state index contributed by atoms with van der Waals surface area (Å²) in [6, 6.07) is 5.84. The van der Waals surface area contributed by atoms with Gasteiger partial charge in [-0.2, -0.15) is 0 Å². The highest BCUT2D eigenvalue weighted by Gasteiger charge is 2.28. The summed E-state index contributed by atoms with van der Waals surface area (Å²) in [6.07, 6.45) is 2.43. The molecule has 16 heavy (non-hydrogen) atoms. The van der Waals surface area contributed by atoms with Crippen molar-refractivity contribution in [2.45, 2.75) is 25.4 Å². The lowest BCUT2D eigenvalue weighted by Gasteiger charge is -2.21.